The highest BCUT2D eigenvalue weighted by molar-refractivity contribution is 7.14. The maximum absolute atomic E-state index is 10.7. The van der Waals surface area contributed by atoms with Gasteiger partial charge in [0, 0.05) is 7.11 Å². The Bertz CT molecular complexity index is 613. The van der Waals surface area contributed by atoms with Crippen LogP contribution in [0.5, 0.6) is 0 Å². The fourth-order valence-corrected chi connectivity index (χ4v) is 2.95. The Balaban J connectivity index is 2.24. The van der Waals surface area contributed by atoms with Crippen molar-refractivity contribution in [1.82, 2.24) is 20.2 Å². The summed E-state index contributed by atoms with van der Waals surface area (Å²) in [6.45, 7) is 2.15. The van der Waals surface area contributed by atoms with Gasteiger partial charge >= 0.3 is 5.97 Å². The lowest BCUT2D eigenvalue weighted by molar-refractivity contribution is -0.139. The van der Waals surface area contributed by atoms with Gasteiger partial charge in [0.05, 0.1) is 29.0 Å². The Labute approximate surface area is 124 Å². The van der Waals surface area contributed by atoms with E-state index < -0.39 is 12.1 Å². The number of carboxylic acid groups (broad SMARTS) is 1. The van der Waals surface area contributed by atoms with Gasteiger partial charge < -0.3 is 9.84 Å². The van der Waals surface area contributed by atoms with E-state index in [0.29, 0.717) is 10.8 Å². The van der Waals surface area contributed by atoms with Gasteiger partial charge in [-0.05, 0) is 28.3 Å². The van der Waals surface area contributed by atoms with E-state index in [4.69, 9.17) is 21.4 Å². The molecule has 0 amide bonds. The standard InChI is InChI=1S/C11H13ClN4O3S/c1-6-5-20-10(9(6)12)11-13-14-15-16(11)4-7(19-2)3-8(17)18/h5,7H,3-4H2,1-2H3,(H,17,18). The average Bonchev–Trinajstić information content (AvgIpc) is 2.97. The van der Waals surface area contributed by atoms with Crippen LogP contribution in [-0.2, 0) is 16.1 Å². The van der Waals surface area contributed by atoms with Gasteiger partial charge in [-0.3, -0.25) is 4.79 Å². The number of hydrogen-bond acceptors (Lipinski definition) is 6. The number of aliphatic carboxylic acids is 1. The van der Waals surface area contributed by atoms with Gasteiger partial charge in [-0.25, -0.2) is 4.68 Å². The van der Waals surface area contributed by atoms with Crippen LogP contribution in [0.1, 0.15) is 12.0 Å². The van der Waals surface area contributed by atoms with Crippen LogP contribution in [0.4, 0.5) is 0 Å². The highest BCUT2D eigenvalue weighted by Gasteiger charge is 2.20. The van der Waals surface area contributed by atoms with Crippen LogP contribution in [0.25, 0.3) is 10.7 Å². The third-order valence-electron chi connectivity index (χ3n) is 2.75. The molecule has 0 radical (unpaired) electrons. The first kappa shape index (κ1) is 14.9. The van der Waals surface area contributed by atoms with Crippen LogP contribution in [0.15, 0.2) is 5.38 Å². The second-order valence-corrected chi connectivity index (χ2v) is 5.46. The van der Waals surface area contributed by atoms with Crippen LogP contribution in [0.3, 0.4) is 0 Å². The fraction of sp³-hybridized carbons (Fsp3) is 0.455. The van der Waals surface area contributed by atoms with Gasteiger partial charge in [-0.1, -0.05) is 11.6 Å². The molecule has 20 heavy (non-hydrogen) atoms. The molecular weight excluding hydrogens is 304 g/mol. The molecule has 1 unspecified atom stereocenters. The summed E-state index contributed by atoms with van der Waals surface area (Å²) in [5.74, 6) is -0.419. The maximum Gasteiger partial charge on any atom is 0.306 e. The first-order chi connectivity index (χ1) is 9.52. The van der Waals surface area contributed by atoms with Crippen LogP contribution in [0.2, 0.25) is 5.02 Å². The van der Waals surface area contributed by atoms with Crippen molar-refractivity contribution < 1.29 is 14.6 Å². The molecule has 0 saturated carbocycles. The number of carbonyl (C=O) groups is 1. The van der Waals surface area contributed by atoms with Crippen LogP contribution in [0, 0.1) is 6.92 Å². The Morgan fingerprint density at radius 3 is 2.95 bits per heavy atom. The van der Waals surface area contributed by atoms with E-state index in [2.05, 4.69) is 15.5 Å². The monoisotopic (exact) mass is 316 g/mol. The van der Waals surface area contributed by atoms with Crippen molar-refractivity contribution in [2.75, 3.05) is 7.11 Å². The van der Waals surface area contributed by atoms with Crippen molar-refractivity contribution in [2.45, 2.75) is 26.0 Å². The van der Waals surface area contributed by atoms with Crippen molar-refractivity contribution in [2.24, 2.45) is 0 Å². The molecule has 0 aromatic carbocycles. The number of ether oxygens (including phenoxy) is 1. The number of aromatic nitrogens is 4. The zero-order chi connectivity index (χ0) is 14.7. The summed E-state index contributed by atoms with van der Waals surface area (Å²) < 4.78 is 6.64. The molecule has 2 aromatic rings. The predicted octanol–water partition coefficient (Wildman–Crippen LogP) is 1.85. The van der Waals surface area contributed by atoms with Crippen molar-refractivity contribution in [3.05, 3.63) is 16.0 Å². The van der Waals surface area contributed by atoms with Crippen LogP contribution >= 0.6 is 22.9 Å². The van der Waals surface area contributed by atoms with Gasteiger partial charge in [0.1, 0.15) is 0 Å². The molecule has 0 fully saturated rings. The zero-order valence-electron chi connectivity index (χ0n) is 10.9. The van der Waals surface area contributed by atoms with Crippen LogP contribution in [-0.4, -0.2) is 44.5 Å². The number of carboxylic acids is 1. The van der Waals surface area contributed by atoms with Gasteiger partial charge in [0.15, 0.2) is 5.82 Å². The lowest BCUT2D eigenvalue weighted by Gasteiger charge is -2.13. The third-order valence-corrected chi connectivity index (χ3v) is 4.44. The molecule has 2 rings (SSSR count). The summed E-state index contributed by atoms with van der Waals surface area (Å²) >= 11 is 7.65. The zero-order valence-corrected chi connectivity index (χ0v) is 12.5. The minimum atomic E-state index is -0.934. The summed E-state index contributed by atoms with van der Waals surface area (Å²) in [5.41, 5.74) is 0.954. The first-order valence-corrected chi connectivity index (χ1v) is 7.03. The van der Waals surface area contributed by atoms with E-state index >= 15 is 0 Å². The van der Waals surface area contributed by atoms with Gasteiger partial charge in [0.25, 0.3) is 0 Å². The quantitative estimate of drug-likeness (QED) is 0.874. The van der Waals surface area contributed by atoms with E-state index in [1.54, 1.807) is 0 Å². The van der Waals surface area contributed by atoms with Crippen molar-refractivity contribution >= 4 is 28.9 Å². The molecule has 0 aliphatic heterocycles. The Kier molecular flexibility index (Phi) is 4.69. The Hall–Kier alpha value is -1.51. The number of aryl methyl sites for hydroxylation is 1. The number of hydrogen-bond donors (Lipinski definition) is 1. The molecule has 7 nitrogen and oxygen atoms in total. The predicted molar refractivity (Wildman–Crippen MR) is 73.9 cm³/mol. The number of halogens is 1. The summed E-state index contributed by atoms with van der Waals surface area (Å²) in [5, 5.41) is 22.8. The SMILES string of the molecule is COC(CC(=O)O)Cn1nnnc1-c1scc(C)c1Cl. The largest absolute Gasteiger partial charge is 0.481 e. The summed E-state index contributed by atoms with van der Waals surface area (Å²) in [6.07, 6.45) is -0.623. The first-order valence-electron chi connectivity index (χ1n) is 5.77. The van der Waals surface area contributed by atoms with E-state index in [0.717, 1.165) is 10.4 Å². The summed E-state index contributed by atoms with van der Waals surface area (Å²) in [7, 11) is 1.46. The average molecular weight is 317 g/mol. The lowest BCUT2D eigenvalue weighted by Crippen LogP contribution is -2.23. The molecule has 108 valence electrons. The molecular formula is C11H13ClN4O3S. The number of nitrogens with zero attached hydrogens (tertiary/aromatic N) is 4. The second-order valence-electron chi connectivity index (χ2n) is 4.20. The smallest absolute Gasteiger partial charge is 0.306 e. The fourth-order valence-electron chi connectivity index (χ4n) is 1.68. The van der Waals surface area contributed by atoms with Gasteiger partial charge in [-0.15, -0.1) is 16.4 Å². The summed E-state index contributed by atoms with van der Waals surface area (Å²) in [4.78, 5) is 11.5. The molecule has 0 saturated heterocycles. The lowest BCUT2D eigenvalue weighted by atomic mass is 10.2. The van der Waals surface area contributed by atoms with E-state index in [9.17, 15) is 4.79 Å². The molecule has 0 bridgehead atoms. The molecule has 0 aliphatic carbocycles. The summed E-state index contributed by atoms with van der Waals surface area (Å²) in [6, 6.07) is 0. The normalized spacial score (nSPS) is 12.6. The Morgan fingerprint density at radius 2 is 2.40 bits per heavy atom. The number of rotatable bonds is 6. The minimum absolute atomic E-state index is 0.118. The van der Waals surface area contributed by atoms with Gasteiger partial charge in [0.2, 0.25) is 0 Å². The highest BCUT2D eigenvalue weighted by Crippen LogP contribution is 2.34. The number of tetrazole rings is 1. The third kappa shape index (κ3) is 3.14. The minimum Gasteiger partial charge on any atom is -0.481 e. The topological polar surface area (TPSA) is 90.1 Å². The maximum atomic E-state index is 10.7. The van der Waals surface area contributed by atoms with Crippen molar-refractivity contribution in [1.29, 1.82) is 0 Å². The molecule has 0 aliphatic rings. The molecule has 2 heterocycles. The molecule has 9 heteroatoms. The molecule has 1 atom stereocenters. The second kappa shape index (κ2) is 6.29. The van der Waals surface area contributed by atoms with E-state index in [-0.39, 0.29) is 13.0 Å². The van der Waals surface area contributed by atoms with E-state index in [1.807, 2.05) is 12.3 Å². The molecule has 0 spiro atoms. The van der Waals surface area contributed by atoms with Crippen molar-refractivity contribution in [3.63, 3.8) is 0 Å². The number of methoxy groups -OCH3 is 1. The molecule has 2 aromatic heterocycles. The highest BCUT2D eigenvalue weighted by atomic mass is 35.5. The van der Waals surface area contributed by atoms with Crippen LogP contribution < -0.4 is 0 Å². The van der Waals surface area contributed by atoms with E-state index in [1.165, 1.54) is 23.1 Å². The Morgan fingerprint density at radius 1 is 1.65 bits per heavy atom. The molecule has 1 N–H and O–H groups in total. The number of thiophene rings is 1. The van der Waals surface area contributed by atoms with Gasteiger partial charge in [-0.2, -0.15) is 0 Å². The van der Waals surface area contributed by atoms with Crippen molar-refractivity contribution in [3.8, 4) is 10.7 Å².